The minimum atomic E-state index is -0.265. The molecule has 1 amide bonds. The van der Waals surface area contributed by atoms with Crippen LogP contribution >= 0.6 is 0 Å². The minimum Gasteiger partial charge on any atom is -0.267 e. The lowest BCUT2D eigenvalue weighted by Gasteiger charge is -2.18. The summed E-state index contributed by atoms with van der Waals surface area (Å²) < 4.78 is 0. The summed E-state index contributed by atoms with van der Waals surface area (Å²) in [6.45, 7) is 6.54. The molecule has 4 rings (SSSR count). The van der Waals surface area contributed by atoms with Crippen LogP contribution in [0.25, 0.3) is 22.2 Å². The molecule has 0 aliphatic rings. The van der Waals surface area contributed by atoms with Crippen LogP contribution in [0.4, 0.5) is 0 Å². The second-order valence-electron chi connectivity index (χ2n) is 8.51. The predicted molar refractivity (Wildman–Crippen MR) is 127 cm³/mol. The molecule has 0 atom stereocenters. The van der Waals surface area contributed by atoms with E-state index in [2.05, 4.69) is 43.4 Å². The molecule has 0 unspecified atom stereocenters. The van der Waals surface area contributed by atoms with Gasteiger partial charge in [-0.15, -0.1) is 0 Å². The third-order valence-electron chi connectivity index (χ3n) is 5.19. The third-order valence-corrected chi connectivity index (χ3v) is 5.19. The fourth-order valence-corrected chi connectivity index (χ4v) is 3.41. The highest BCUT2D eigenvalue weighted by Crippen LogP contribution is 2.25. The van der Waals surface area contributed by atoms with Crippen LogP contribution in [0.2, 0.25) is 0 Å². The minimum absolute atomic E-state index is 0.1000. The molecule has 0 saturated heterocycles. The van der Waals surface area contributed by atoms with Crippen molar-refractivity contribution in [2.75, 3.05) is 0 Å². The molecule has 31 heavy (non-hydrogen) atoms. The van der Waals surface area contributed by atoms with Crippen LogP contribution in [0.3, 0.4) is 0 Å². The zero-order valence-electron chi connectivity index (χ0n) is 18.0. The van der Waals surface area contributed by atoms with E-state index < -0.39 is 0 Å². The predicted octanol–water partition coefficient (Wildman–Crippen LogP) is 5.96. The Bertz CT molecular complexity index is 1240. The van der Waals surface area contributed by atoms with Crippen molar-refractivity contribution >= 4 is 23.0 Å². The van der Waals surface area contributed by atoms with E-state index in [1.165, 1.54) is 5.56 Å². The summed E-state index contributed by atoms with van der Waals surface area (Å²) in [5.41, 5.74) is 7.99. The molecule has 0 radical (unpaired) electrons. The van der Waals surface area contributed by atoms with Crippen LogP contribution in [-0.2, 0) is 5.41 Å². The summed E-state index contributed by atoms with van der Waals surface area (Å²) in [5.74, 6) is -0.265. The van der Waals surface area contributed by atoms with Gasteiger partial charge in [0.2, 0.25) is 0 Å². The van der Waals surface area contributed by atoms with Crippen molar-refractivity contribution < 1.29 is 4.79 Å². The first-order valence-electron chi connectivity index (χ1n) is 10.3. The van der Waals surface area contributed by atoms with Crippen LogP contribution in [0, 0.1) is 0 Å². The number of hydrazone groups is 1. The van der Waals surface area contributed by atoms with Crippen LogP contribution in [-0.4, -0.2) is 17.1 Å². The van der Waals surface area contributed by atoms with E-state index in [-0.39, 0.29) is 11.3 Å². The number of carbonyl (C=O) groups is 1. The molecule has 1 heterocycles. The Morgan fingerprint density at radius 3 is 2.29 bits per heavy atom. The zero-order chi connectivity index (χ0) is 21.8. The molecule has 0 spiro atoms. The fourth-order valence-electron chi connectivity index (χ4n) is 3.41. The average molecular weight is 408 g/mol. The topological polar surface area (TPSA) is 54.4 Å². The van der Waals surface area contributed by atoms with Crippen molar-refractivity contribution in [2.24, 2.45) is 5.10 Å². The maximum Gasteiger partial charge on any atom is 0.272 e. The standard InChI is InChI=1S/C27H25N3O/c1-27(2,3)21-15-13-19(14-16-21)18-28-30-26(31)23-17-25(20-9-5-4-6-10-20)29-24-12-8-7-11-22(23)24/h4-18H,1-3H3,(H,30,31)/b28-18+. The van der Waals surface area contributed by atoms with Gasteiger partial charge in [0, 0.05) is 10.9 Å². The number of para-hydroxylation sites is 1. The van der Waals surface area contributed by atoms with Gasteiger partial charge in [-0.1, -0.05) is 93.6 Å². The van der Waals surface area contributed by atoms with Crippen molar-refractivity contribution in [1.82, 2.24) is 10.4 Å². The molecule has 4 nitrogen and oxygen atoms in total. The normalized spacial score (nSPS) is 11.7. The molecule has 154 valence electrons. The maximum atomic E-state index is 13.0. The highest BCUT2D eigenvalue weighted by atomic mass is 16.2. The summed E-state index contributed by atoms with van der Waals surface area (Å²) in [4.78, 5) is 17.7. The molecule has 1 N–H and O–H groups in total. The number of hydrogen-bond acceptors (Lipinski definition) is 3. The molecule has 0 aliphatic heterocycles. The molecular weight excluding hydrogens is 382 g/mol. The Morgan fingerprint density at radius 1 is 0.903 bits per heavy atom. The molecule has 0 saturated carbocycles. The van der Waals surface area contributed by atoms with Gasteiger partial charge in [-0.05, 0) is 28.7 Å². The van der Waals surface area contributed by atoms with Gasteiger partial charge in [-0.3, -0.25) is 4.79 Å². The van der Waals surface area contributed by atoms with E-state index >= 15 is 0 Å². The number of hydrogen-bond donors (Lipinski definition) is 1. The SMILES string of the molecule is CC(C)(C)c1ccc(/C=N/NC(=O)c2cc(-c3ccccc3)nc3ccccc23)cc1. The summed E-state index contributed by atoms with van der Waals surface area (Å²) in [5, 5.41) is 4.97. The highest BCUT2D eigenvalue weighted by Gasteiger charge is 2.14. The lowest BCUT2D eigenvalue weighted by molar-refractivity contribution is 0.0956. The molecule has 3 aromatic carbocycles. The van der Waals surface area contributed by atoms with Gasteiger partial charge in [0.15, 0.2) is 0 Å². The highest BCUT2D eigenvalue weighted by molar-refractivity contribution is 6.07. The quantitative estimate of drug-likeness (QED) is 0.335. The molecule has 0 fully saturated rings. The number of aromatic nitrogens is 1. The van der Waals surface area contributed by atoms with Crippen LogP contribution in [0.5, 0.6) is 0 Å². The first-order chi connectivity index (χ1) is 14.9. The Balaban J connectivity index is 1.59. The number of rotatable bonds is 4. The molecule has 0 bridgehead atoms. The number of nitrogens with one attached hydrogen (secondary N) is 1. The Kier molecular flexibility index (Phi) is 5.63. The second-order valence-corrected chi connectivity index (χ2v) is 8.51. The first kappa shape index (κ1) is 20.5. The van der Waals surface area contributed by atoms with Gasteiger partial charge in [-0.25, -0.2) is 10.4 Å². The lowest BCUT2D eigenvalue weighted by Crippen LogP contribution is -2.18. The van der Waals surface area contributed by atoms with Crippen LogP contribution < -0.4 is 5.43 Å². The number of amides is 1. The van der Waals surface area contributed by atoms with E-state index in [9.17, 15) is 4.79 Å². The van der Waals surface area contributed by atoms with Gasteiger partial charge in [0.25, 0.3) is 5.91 Å². The van der Waals surface area contributed by atoms with Crippen molar-refractivity contribution in [3.05, 3.63) is 102 Å². The van der Waals surface area contributed by atoms with Crippen molar-refractivity contribution in [3.8, 4) is 11.3 Å². The van der Waals surface area contributed by atoms with E-state index in [0.29, 0.717) is 5.56 Å². The maximum absolute atomic E-state index is 13.0. The van der Waals surface area contributed by atoms with Gasteiger partial charge < -0.3 is 0 Å². The first-order valence-corrected chi connectivity index (χ1v) is 10.3. The van der Waals surface area contributed by atoms with Gasteiger partial charge in [0.1, 0.15) is 0 Å². The number of benzene rings is 3. The lowest BCUT2D eigenvalue weighted by atomic mass is 9.87. The number of pyridine rings is 1. The Labute approximate surface area is 182 Å². The summed E-state index contributed by atoms with van der Waals surface area (Å²) in [7, 11) is 0. The molecule has 1 aromatic heterocycles. The summed E-state index contributed by atoms with van der Waals surface area (Å²) in [6, 6.07) is 27.5. The number of carbonyl (C=O) groups excluding carboxylic acids is 1. The van der Waals surface area contributed by atoms with Gasteiger partial charge in [-0.2, -0.15) is 5.10 Å². The third kappa shape index (κ3) is 4.69. The van der Waals surface area contributed by atoms with Gasteiger partial charge in [0.05, 0.1) is 23.0 Å². The monoisotopic (exact) mass is 407 g/mol. The largest absolute Gasteiger partial charge is 0.272 e. The smallest absolute Gasteiger partial charge is 0.267 e. The van der Waals surface area contributed by atoms with Gasteiger partial charge >= 0.3 is 0 Å². The van der Waals surface area contributed by atoms with Crippen molar-refractivity contribution in [1.29, 1.82) is 0 Å². The molecule has 0 aliphatic carbocycles. The van der Waals surface area contributed by atoms with Crippen LogP contribution in [0.1, 0.15) is 42.3 Å². The molecular formula is C27H25N3O. The average Bonchev–Trinajstić information content (AvgIpc) is 2.78. The van der Waals surface area contributed by atoms with Crippen LogP contribution in [0.15, 0.2) is 90.0 Å². The molecule has 4 aromatic rings. The van der Waals surface area contributed by atoms with Crippen molar-refractivity contribution in [2.45, 2.75) is 26.2 Å². The fraction of sp³-hybridized carbons (Fsp3) is 0.148. The Morgan fingerprint density at radius 2 is 1.58 bits per heavy atom. The zero-order valence-corrected chi connectivity index (χ0v) is 18.0. The van der Waals surface area contributed by atoms with E-state index in [0.717, 1.165) is 27.7 Å². The van der Waals surface area contributed by atoms with E-state index in [4.69, 9.17) is 4.98 Å². The van der Waals surface area contributed by atoms with E-state index in [1.54, 1.807) is 6.21 Å². The Hall–Kier alpha value is -3.79. The summed E-state index contributed by atoms with van der Waals surface area (Å²) >= 11 is 0. The van der Waals surface area contributed by atoms with E-state index in [1.807, 2.05) is 72.8 Å². The number of fused-ring (bicyclic) bond motifs is 1. The molecule has 4 heteroatoms. The van der Waals surface area contributed by atoms with Crippen molar-refractivity contribution in [3.63, 3.8) is 0 Å². The summed E-state index contributed by atoms with van der Waals surface area (Å²) in [6.07, 6.45) is 1.66. The number of nitrogens with zero attached hydrogens (tertiary/aromatic N) is 2. The second kappa shape index (κ2) is 8.52.